The highest BCUT2D eigenvalue weighted by molar-refractivity contribution is 6.31. The van der Waals surface area contributed by atoms with E-state index in [0.29, 0.717) is 11.4 Å². The quantitative estimate of drug-likeness (QED) is 0.876. The normalized spacial score (nSPS) is 10.1. The molecule has 1 N–H and O–H groups in total. The molecule has 0 unspecified atom stereocenters. The fourth-order valence-corrected chi connectivity index (χ4v) is 1.66. The number of carbonyl (C=O) groups is 1. The molecule has 0 aliphatic rings. The zero-order valence-corrected chi connectivity index (χ0v) is 10.7. The van der Waals surface area contributed by atoms with Crippen molar-refractivity contribution in [3.05, 3.63) is 52.9 Å². The van der Waals surface area contributed by atoms with E-state index in [1.165, 1.54) is 37.6 Å². The van der Waals surface area contributed by atoms with Crippen LogP contribution in [0.1, 0.15) is 10.4 Å². The van der Waals surface area contributed by atoms with Gasteiger partial charge in [0, 0.05) is 6.20 Å². The largest absolute Gasteiger partial charge is 0.465 e. The van der Waals surface area contributed by atoms with Crippen LogP contribution < -0.4 is 5.32 Å². The van der Waals surface area contributed by atoms with Gasteiger partial charge in [-0.3, -0.25) is 0 Å². The van der Waals surface area contributed by atoms with Crippen molar-refractivity contribution in [1.82, 2.24) is 4.98 Å². The minimum absolute atomic E-state index is 0.00845. The van der Waals surface area contributed by atoms with Crippen LogP contribution >= 0.6 is 11.6 Å². The van der Waals surface area contributed by atoms with Gasteiger partial charge in [-0.15, -0.1) is 0 Å². The monoisotopic (exact) mass is 280 g/mol. The number of nitrogens with zero attached hydrogens (tertiary/aromatic N) is 1. The number of anilines is 2. The molecule has 4 nitrogen and oxygen atoms in total. The lowest BCUT2D eigenvalue weighted by Gasteiger charge is -2.08. The highest BCUT2D eigenvalue weighted by atomic mass is 35.5. The van der Waals surface area contributed by atoms with Crippen LogP contribution in [0.2, 0.25) is 5.02 Å². The fourth-order valence-electron chi connectivity index (χ4n) is 1.48. The summed E-state index contributed by atoms with van der Waals surface area (Å²) in [6, 6.07) is 7.55. The van der Waals surface area contributed by atoms with Crippen molar-refractivity contribution in [2.75, 3.05) is 12.4 Å². The molecule has 0 spiro atoms. The second-order valence-corrected chi connectivity index (χ2v) is 4.05. The van der Waals surface area contributed by atoms with E-state index >= 15 is 0 Å². The van der Waals surface area contributed by atoms with Crippen LogP contribution in [0.3, 0.4) is 0 Å². The number of ether oxygens (including phenoxy) is 1. The molecule has 2 aromatic rings. The van der Waals surface area contributed by atoms with E-state index in [-0.39, 0.29) is 10.7 Å². The number of nitrogens with one attached hydrogen (secondary N) is 1. The molecule has 0 saturated carbocycles. The number of hydrogen-bond acceptors (Lipinski definition) is 4. The van der Waals surface area contributed by atoms with E-state index in [0.717, 1.165) is 0 Å². The Hall–Kier alpha value is -2.14. The summed E-state index contributed by atoms with van der Waals surface area (Å²) in [4.78, 5) is 15.4. The van der Waals surface area contributed by atoms with Gasteiger partial charge < -0.3 is 10.1 Å². The molecular weight excluding hydrogens is 271 g/mol. The Morgan fingerprint density at radius 1 is 1.42 bits per heavy atom. The maximum atomic E-state index is 13.7. The number of carbonyl (C=O) groups excluding carboxylic acids is 1. The molecule has 0 radical (unpaired) electrons. The van der Waals surface area contributed by atoms with Gasteiger partial charge in [0.2, 0.25) is 0 Å². The first-order valence-electron chi connectivity index (χ1n) is 5.37. The second-order valence-electron chi connectivity index (χ2n) is 3.65. The molecule has 0 bridgehead atoms. The zero-order valence-electron chi connectivity index (χ0n) is 9.98. The molecule has 1 heterocycles. The third-order valence-corrected chi connectivity index (χ3v) is 2.69. The lowest BCUT2D eigenvalue weighted by atomic mass is 10.2. The number of halogens is 2. The number of esters is 1. The van der Waals surface area contributed by atoms with Gasteiger partial charge in [-0.25, -0.2) is 14.2 Å². The first-order valence-corrected chi connectivity index (χ1v) is 5.75. The SMILES string of the molecule is COC(=O)c1ccnc(Nc2cccc(Cl)c2F)c1. The number of benzene rings is 1. The van der Waals surface area contributed by atoms with Gasteiger partial charge in [-0.1, -0.05) is 17.7 Å². The summed E-state index contributed by atoms with van der Waals surface area (Å²) in [5.41, 5.74) is 0.504. The summed E-state index contributed by atoms with van der Waals surface area (Å²) in [5, 5.41) is 2.76. The standard InChI is InChI=1S/C13H10ClFN2O2/c1-19-13(18)8-5-6-16-11(7-8)17-10-4-2-3-9(14)12(10)15/h2-7H,1H3,(H,16,17). The van der Waals surface area contributed by atoms with Crippen molar-refractivity contribution >= 4 is 29.1 Å². The van der Waals surface area contributed by atoms with Crippen LogP contribution in [0.15, 0.2) is 36.5 Å². The van der Waals surface area contributed by atoms with E-state index in [1.807, 2.05) is 0 Å². The summed E-state index contributed by atoms with van der Waals surface area (Å²) in [6.07, 6.45) is 1.43. The van der Waals surface area contributed by atoms with Crippen molar-refractivity contribution in [3.63, 3.8) is 0 Å². The van der Waals surface area contributed by atoms with Gasteiger partial charge in [0.1, 0.15) is 5.82 Å². The van der Waals surface area contributed by atoms with Crippen molar-refractivity contribution in [2.24, 2.45) is 0 Å². The topological polar surface area (TPSA) is 51.2 Å². The molecule has 6 heteroatoms. The molecule has 19 heavy (non-hydrogen) atoms. The van der Waals surface area contributed by atoms with Crippen LogP contribution in [-0.4, -0.2) is 18.1 Å². The van der Waals surface area contributed by atoms with Crippen molar-refractivity contribution in [3.8, 4) is 0 Å². The molecule has 0 aliphatic carbocycles. The number of hydrogen-bond donors (Lipinski definition) is 1. The Morgan fingerprint density at radius 2 is 2.21 bits per heavy atom. The predicted molar refractivity (Wildman–Crippen MR) is 70.3 cm³/mol. The van der Waals surface area contributed by atoms with Crippen molar-refractivity contribution in [2.45, 2.75) is 0 Å². The Labute approximate surface area is 114 Å². The molecule has 0 saturated heterocycles. The number of pyridine rings is 1. The van der Waals surface area contributed by atoms with E-state index in [1.54, 1.807) is 6.07 Å². The van der Waals surface area contributed by atoms with Gasteiger partial charge >= 0.3 is 5.97 Å². The third kappa shape index (κ3) is 3.00. The summed E-state index contributed by atoms with van der Waals surface area (Å²) >= 11 is 5.67. The van der Waals surface area contributed by atoms with Gasteiger partial charge in [-0.05, 0) is 24.3 Å². The van der Waals surface area contributed by atoms with Crippen LogP contribution in [0, 0.1) is 5.82 Å². The molecule has 0 atom stereocenters. The number of aromatic nitrogens is 1. The first kappa shape index (κ1) is 13.3. The maximum absolute atomic E-state index is 13.7. The molecule has 2 rings (SSSR count). The predicted octanol–water partition coefficient (Wildman–Crippen LogP) is 3.40. The minimum Gasteiger partial charge on any atom is -0.465 e. The average Bonchev–Trinajstić information content (AvgIpc) is 2.43. The molecule has 0 fully saturated rings. The third-order valence-electron chi connectivity index (χ3n) is 2.40. The van der Waals surface area contributed by atoms with Gasteiger partial charge in [-0.2, -0.15) is 0 Å². The molecule has 0 amide bonds. The van der Waals surface area contributed by atoms with Crippen LogP contribution in [-0.2, 0) is 4.74 Å². The maximum Gasteiger partial charge on any atom is 0.338 e. The van der Waals surface area contributed by atoms with Crippen molar-refractivity contribution in [1.29, 1.82) is 0 Å². The molecule has 98 valence electrons. The van der Waals surface area contributed by atoms with Gasteiger partial charge in [0.25, 0.3) is 0 Å². The Morgan fingerprint density at radius 3 is 2.95 bits per heavy atom. The summed E-state index contributed by atoms with van der Waals surface area (Å²) in [7, 11) is 1.28. The highest BCUT2D eigenvalue weighted by Crippen LogP contribution is 2.24. The number of rotatable bonds is 3. The number of methoxy groups -OCH3 is 1. The first-order chi connectivity index (χ1) is 9.11. The molecule has 0 aliphatic heterocycles. The van der Waals surface area contributed by atoms with Crippen LogP contribution in [0.25, 0.3) is 0 Å². The molecular formula is C13H10ClFN2O2. The van der Waals surface area contributed by atoms with Crippen LogP contribution in [0.4, 0.5) is 15.9 Å². The zero-order chi connectivity index (χ0) is 13.8. The van der Waals surface area contributed by atoms with Gasteiger partial charge in [0.15, 0.2) is 5.82 Å². The molecule has 1 aromatic heterocycles. The highest BCUT2D eigenvalue weighted by Gasteiger charge is 2.09. The minimum atomic E-state index is -0.575. The Bertz CT molecular complexity index is 619. The molecule has 1 aromatic carbocycles. The van der Waals surface area contributed by atoms with E-state index in [2.05, 4.69) is 15.0 Å². The van der Waals surface area contributed by atoms with E-state index < -0.39 is 11.8 Å². The summed E-state index contributed by atoms with van der Waals surface area (Å²) in [6.45, 7) is 0. The Balaban J connectivity index is 2.28. The summed E-state index contributed by atoms with van der Waals surface area (Å²) in [5.74, 6) is -0.740. The fraction of sp³-hybridized carbons (Fsp3) is 0.0769. The van der Waals surface area contributed by atoms with E-state index in [9.17, 15) is 9.18 Å². The summed E-state index contributed by atoms with van der Waals surface area (Å²) < 4.78 is 18.3. The average molecular weight is 281 g/mol. The Kier molecular flexibility index (Phi) is 3.97. The van der Waals surface area contributed by atoms with E-state index in [4.69, 9.17) is 11.6 Å². The van der Waals surface area contributed by atoms with Gasteiger partial charge in [0.05, 0.1) is 23.4 Å². The lowest BCUT2D eigenvalue weighted by Crippen LogP contribution is -2.03. The second kappa shape index (κ2) is 5.67. The van der Waals surface area contributed by atoms with Crippen LogP contribution in [0.5, 0.6) is 0 Å². The lowest BCUT2D eigenvalue weighted by molar-refractivity contribution is 0.0600. The van der Waals surface area contributed by atoms with Crippen molar-refractivity contribution < 1.29 is 13.9 Å². The smallest absolute Gasteiger partial charge is 0.338 e.